The molecule has 7 heteroatoms. The standard InChI is InChI=1S/C23H29FN4O.HI/c1-3-25-23(27(2)16-18-10-12-21(24)13-11-18)26-15-19-7-4-5-8-20(19)17-28-14-6-9-22(28)29;/h4-5,7-8,10-13H,3,6,9,14-17H2,1-2H3,(H,25,26);1H. The highest BCUT2D eigenvalue weighted by Crippen LogP contribution is 2.18. The third kappa shape index (κ3) is 6.68. The predicted molar refractivity (Wildman–Crippen MR) is 129 cm³/mol. The minimum Gasteiger partial charge on any atom is -0.357 e. The molecule has 1 aliphatic heterocycles. The van der Waals surface area contributed by atoms with Crippen LogP contribution in [0.15, 0.2) is 53.5 Å². The molecule has 2 aromatic carbocycles. The molecule has 3 rings (SSSR count). The van der Waals surface area contributed by atoms with Crippen LogP contribution in [0.4, 0.5) is 4.39 Å². The van der Waals surface area contributed by atoms with Crippen molar-refractivity contribution >= 4 is 35.8 Å². The van der Waals surface area contributed by atoms with Crippen molar-refractivity contribution in [1.82, 2.24) is 15.1 Å². The molecule has 0 aromatic heterocycles. The summed E-state index contributed by atoms with van der Waals surface area (Å²) in [6.07, 6.45) is 1.59. The summed E-state index contributed by atoms with van der Waals surface area (Å²) in [4.78, 5) is 20.7. The van der Waals surface area contributed by atoms with Crippen LogP contribution in [0.3, 0.4) is 0 Å². The fraction of sp³-hybridized carbons (Fsp3) is 0.391. The fourth-order valence-electron chi connectivity index (χ4n) is 3.51. The highest BCUT2D eigenvalue weighted by atomic mass is 127. The third-order valence-corrected chi connectivity index (χ3v) is 5.08. The van der Waals surface area contributed by atoms with Crippen molar-refractivity contribution in [2.75, 3.05) is 20.1 Å². The van der Waals surface area contributed by atoms with Crippen molar-refractivity contribution in [3.63, 3.8) is 0 Å². The lowest BCUT2D eigenvalue weighted by Gasteiger charge is -2.22. The second kappa shape index (κ2) is 11.9. The predicted octanol–water partition coefficient (Wildman–Crippen LogP) is 4.16. The van der Waals surface area contributed by atoms with Crippen molar-refractivity contribution < 1.29 is 9.18 Å². The molecule has 1 saturated heterocycles. The Kier molecular flexibility index (Phi) is 9.55. The van der Waals surface area contributed by atoms with Gasteiger partial charge in [-0.05, 0) is 42.2 Å². The molecule has 30 heavy (non-hydrogen) atoms. The smallest absolute Gasteiger partial charge is 0.222 e. The minimum absolute atomic E-state index is 0. The molecule has 1 N–H and O–H groups in total. The Morgan fingerprint density at radius 2 is 1.87 bits per heavy atom. The summed E-state index contributed by atoms with van der Waals surface area (Å²) in [5.74, 6) is 0.796. The average Bonchev–Trinajstić information content (AvgIpc) is 3.12. The zero-order valence-electron chi connectivity index (χ0n) is 17.6. The van der Waals surface area contributed by atoms with E-state index < -0.39 is 0 Å². The summed E-state index contributed by atoms with van der Waals surface area (Å²) in [6, 6.07) is 14.7. The second-order valence-electron chi connectivity index (χ2n) is 7.34. The Bertz CT molecular complexity index is 857. The van der Waals surface area contributed by atoms with E-state index in [1.165, 1.54) is 12.1 Å². The normalized spacial score (nSPS) is 13.9. The van der Waals surface area contributed by atoms with Gasteiger partial charge >= 0.3 is 0 Å². The van der Waals surface area contributed by atoms with Crippen LogP contribution in [-0.4, -0.2) is 41.8 Å². The second-order valence-corrected chi connectivity index (χ2v) is 7.34. The Balaban J connectivity index is 0.00000320. The number of amides is 1. The molecule has 0 atom stereocenters. The Morgan fingerprint density at radius 1 is 1.17 bits per heavy atom. The van der Waals surface area contributed by atoms with Gasteiger partial charge in [-0.2, -0.15) is 0 Å². The van der Waals surface area contributed by atoms with E-state index in [2.05, 4.69) is 17.4 Å². The molecule has 0 unspecified atom stereocenters. The van der Waals surface area contributed by atoms with Crippen LogP contribution in [0.5, 0.6) is 0 Å². The number of halogens is 2. The van der Waals surface area contributed by atoms with Gasteiger partial charge in [0.05, 0.1) is 6.54 Å². The van der Waals surface area contributed by atoms with Crippen LogP contribution in [0.2, 0.25) is 0 Å². The van der Waals surface area contributed by atoms with Gasteiger partial charge in [0.1, 0.15) is 5.82 Å². The Hall–Kier alpha value is -2.16. The lowest BCUT2D eigenvalue weighted by atomic mass is 10.1. The van der Waals surface area contributed by atoms with Crippen molar-refractivity contribution in [1.29, 1.82) is 0 Å². The maximum Gasteiger partial charge on any atom is 0.222 e. The number of nitrogens with one attached hydrogen (secondary N) is 1. The molecule has 0 radical (unpaired) electrons. The molecule has 0 aliphatic carbocycles. The van der Waals surface area contributed by atoms with Gasteiger partial charge < -0.3 is 15.1 Å². The summed E-state index contributed by atoms with van der Waals surface area (Å²) in [5.41, 5.74) is 3.29. The first-order valence-corrected chi connectivity index (χ1v) is 10.1. The van der Waals surface area contributed by atoms with Crippen molar-refractivity contribution in [3.05, 3.63) is 71.0 Å². The number of nitrogens with zero attached hydrogens (tertiary/aromatic N) is 3. The topological polar surface area (TPSA) is 47.9 Å². The molecule has 0 spiro atoms. The van der Waals surface area contributed by atoms with Gasteiger partial charge in [-0.3, -0.25) is 4.79 Å². The third-order valence-electron chi connectivity index (χ3n) is 5.08. The fourth-order valence-corrected chi connectivity index (χ4v) is 3.51. The number of guanidine groups is 1. The number of hydrogen-bond acceptors (Lipinski definition) is 2. The lowest BCUT2D eigenvalue weighted by Crippen LogP contribution is -2.38. The van der Waals surface area contributed by atoms with E-state index in [9.17, 15) is 9.18 Å². The lowest BCUT2D eigenvalue weighted by molar-refractivity contribution is -0.128. The quantitative estimate of drug-likeness (QED) is 0.336. The van der Waals surface area contributed by atoms with Gasteiger partial charge in [-0.25, -0.2) is 9.38 Å². The summed E-state index contributed by atoms with van der Waals surface area (Å²) >= 11 is 0. The Morgan fingerprint density at radius 3 is 2.50 bits per heavy atom. The SMILES string of the molecule is CCNC(=NCc1ccccc1CN1CCCC1=O)N(C)Cc1ccc(F)cc1.I. The van der Waals surface area contributed by atoms with Crippen LogP contribution in [-0.2, 0) is 24.4 Å². The average molecular weight is 524 g/mol. The number of likely N-dealkylation sites (tertiary alicyclic amines) is 1. The highest BCUT2D eigenvalue weighted by Gasteiger charge is 2.20. The molecule has 162 valence electrons. The molecule has 1 heterocycles. The number of carbonyl (C=O) groups excluding carboxylic acids is 1. The number of carbonyl (C=O) groups is 1. The minimum atomic E-state index is -0.231. The largest absolute Gasteiger partial charge is 0.357 e. The van der Waals surface area contributed by atoms with E-state index in [1.807, 2.05) is 35.9 Å². The molecular formula is C23H30FIN4O. The van der Waals surface area contributed by atoms with E-state index in [0.717, 1.165) is 42.2 Å². The van der Waals surface area contributed by atoms with Gasteiger partial charge in [-0.1, -0.05) is 36.4 Å². The molecule has 2 aromatic rings. The number of hydrogen-bond donors (Lipinski definition) is 1. The summed E-state index contributed by atoms with van der Waals surface area (Å²) in [5, 5.41) is 3.32. The van der Waals surface area contributed by atoms with Gasteiger partial charge in [-0.15, -0.1) is 24.0 Å². The molecule has 1 amide bonds. The van der Waals surface area contributed by atoms with Gasteiger partial charge in [0.15, 0.2) is 5.96 Å². The Labute approximate surface area is 195 Å². The van der Waals surface area contributed by atoms with Crippen LogP contribution < -0.4 is 5.32 Å². The van der Waals surface area contributed by atoms with Crippen LogP contribution in [0.25, 0.3) is 0 Å². The van der Waals surface area contributed by atoms with Gasteiger partial charge in [0, 0.05) is 39.6 Å². The van der Waals surface area contributed by atoms with E-state index >= 15 is 0 Å². The van der Waals surface area contributed by atoms with E-state index in [-0.39, 0.29) is 35.7 Å². The highest BCUT2D eigenvalue weighted by molar-refractivity contribution is 14.0. The maximum absolute atomic E-state index is 13.1. The molecule has 0 bridgehead atoms. The summed E-state index contributed by atoms with van der Waals surface area (Å²) < 4.78 is 13.1. The zero-order valence-corrected chi connectivity index (χ0v) is 19.9. The number of benzene rings is 2. The number of rotatable bonds is 7. The van der Waals surface area contributed by atoms with E-state index in [0.29, 0.717) is 26.1 Å². The van der Waals surface area contributed by atoms with Crippen molar-refractivity contribution in [3.8, 4) is 0 Å². The first-order chi connectivity index (χ1) is 14.1. The van der Waals surface area contributed by atoms with Crippen molar-refractivity contribution in [2.45, 2.75) is 39.4 Å². The van der Waals surface area contributed by atoms with Gasteiger partial charge in [0.2, 0.25) is 5.91 Å². The molecule has 1 aliphatic rings. The van der Waals surface area contributed by atoms with Crippen molar-refractivity contribution in [2.24, 2.45) is 4.99 Å². The molecule has 1 fully saturated rings. The number of aliphatic imine (C=N–C) groups is 1. The summed E-state index contributed by atoms with van der Waals surface area (Å²) in [6.45, 7) is 5.45. The molecule has 0 saturated carbocycles. The van der Waals surface area contributed by atoms with E-state index in [1.54, 1.807) is 12.1 Å². The van der Waals surface area contributed by atoms with Gasteiger partial charge in [0.25, 0.3) is 0 Å². The zero-order chi connectivity index (χ0) is 20.6. The first kappa shape index (κ1) is 24.1. The maximum atomic E-state index is 13.1. The van der Waals surface area contributed by atoms with Crippen LogP contribution >= 0.6 is 24.0 Å². The molecular weight excluding hydrogens is 494 g/mol. The van der Waals surface area contributed by atoms with Crippen LogP contribution in [0.1, 0.15) is 36.5 Å². The first-order valence-electron chi connectivity index (χ1n) is 10.1. The summed E-state index contributed by atoms with van der Waals surface area (Å²) in [7, 11) is 1.97. The monoisotopic (exact) mass is 524 g/mol. The molecule has 5 nitrogen and oxygen atoms in total. The van der Waals surface area contributed by atoms with E-state index in [4.69, 9.17) is 4.99 Å². The van der Waals surface area contributed by atoms with Crippen LogP contribution in [0, 0.1) is 5.82 Å².